The topological polar surface area (TPSA) is 30.7 Å². The van der Waals surface area contributed by atoms with E-state index in [0.717, 1.165) is 0 Å². The van der Waals surface area contributed by atoms with Gasteiger partial charge < -0.3 is 4.57 Å². The number of nitrogens with zero attached hydrogens (tertiary/aromatic N) is 3. The molecular weight excluding hydrogens is 299 g/mol. The summed E-state index contributed by atoms with van der Waals surface area (Å²) in [6.45, 7) is 5.75. The van der Waals surface area contributed by atoms with Gasteiger partial charge in [0.15, 0.2) is 0 Å². The van der Waals surface area contributed by atoms with E-state index in [-0.39, 0.29) is 12.0 Å². The molecule has 98 valence electrons. The van der Waals surface area contributed by atoms with E-state index >= 15 is 0 Å². The fourth-order valence-electron chi connectivity index (χ4n) is 1.63. The van der Waals surface area contributed by atoms with Crippen molar-refractivity contribution in [3.63, 3.8) is 0 Å². The third-order valence-electron chi connectivity index (χ3n) is 2.22. The Morgan fingerprint density at radius 3 is 2.06 bits per heavy atom. The van der Waals surface area contributed by atoms with Gasteiger partial charge in [-0.15, -0.1) is 10.2 Å². The third-order valence-corrected chi connectivity index (χ3v) is 2.72. The van der Waals surface area contributed by atoms with Crippen molar-refractivity contribution in [1.29, 1.82) is 0 Å². The van der Waals surface area contributed by atoms with Gasteiger partial charge in [-0.25, -0.2) is 0 Å². The van der Waals surface area contributed by atoms with Crippen LogP contribution in [-0.4, -0.2) is 20.9 Å². The van der Waals surface area contributed by atoms with E-state index in [1.807, 2.05) is 20.8 Å². The van der Waals surface area contributed by atoms with Crippen LogP contribution in [0.3, 0.4) is 0 Å². The molecule has 7 heteroatoms. The minimum Gasteiger partial charge on any atom is -0.309 e. The van der Waals surface area contributed by atoms with Gasteiger partial charge in [0.2, 0.25) is 0 Å². The molecule has 0 saturated carbocycles. The normalized spacial score (nSPS) is 13.1. The zero-order chi connectivity index (χ0) is 13.3. The van der Waals surface area contributed by atoms with Crippen LogP contribution in [0.4, 0.5) is 13.2 Å². The molecular formula is C10H15BrF3N3. The van der Waals surface area contributed by atoms with Crippen molar-refractivity contribution in [2.45, 2.75) is 50.7 Å². The summed E-state index contributed by atoms with van der Waals surface area (Å²) < 4.78 is 38.3. The van der Waals surface area contributed by atoms with Gasteiger partial charge in [0.1, 0.15) is 11.6 Å². The van der Waals surface area contributed by atoms with Crippen LogP contribution >= 0.6 is 15.9 Å². The van der Waals surface area contributed by atoms with Gasteiger partial charge in [0.05, 0.1) is 11.8 Å². The zero-order valence-corrected chi connectivity index (χ0v) is 11.6. The number of hydrogen-bond donors (Lipinski definition) is 0. The van der Waals surface area contributed by atoms with Crippen molar-refractivity contribution < 1.29 is 13.2 Å². The highest BCUT2D eigenvalue weighted by molar-refractivity contribution is 9.08. The molecule has 0 atom stereocenters. The maximum atomic E-state index is 12.2. The Bertz CT molecular complexity index is 379. The first-order valence-electron chi connectivity index (χ1n) is 5.21. The van der Waals surface area contributed by atoms with Crippen molar-refractivity contribution in [1.82, 2.24) is 14.8 Å². The highest BCUT2D eigenvalue weighted by Crippen LogP contribution is 2.25. The van der Waals surface area contributed by atoms with E-state index in [1.54, 1.807) is 4.57 Å². The van der Waals surface area contributed by atoms with E-state index in [4.69, 9.17) is 0 Å². The van der Waals surface area contributed by atoms with Crippen LogP contribution in [0.25, 0.3) is 0 Å². The van der Waals surface area contributed by atoms with Crippen molar-refractivity contribution >= 4 is 15.9 Å². The summed E-state index contributed by atoms with van der Waals surface area (Å²) in [6, 6.07) is 0. The lowest BCUT2D eigenvalue weighted by molar-refractivity contribution is -0.134. The molecule has 0 fully saturated rings. The molecule has 0 N–H and O–H groups in total. The number of aromatic nitrogens is 3. The Hall–Kier alpha value is -0.590. The van der Waals surface area contributed by atoms with Gasteiger partial charge in [0.25, 0.3) is 0 Å². The van der Waals surface area contributed by atoms with Crippen molar-refractivity contribution in [3.05, 3.63) is 11.6 Å². The summed E-state index contributed by atoms with van der Waals surface area (Å²) >= 11 is 3.26. The van der Waals surface area contributed by atoms with Crippen LogP contribution in [0, 0.1) is 0 Å². The minimum absolute atomic E-state index is 0.138. The second-order valence-electron chi connectivity index (χ2n) is 4.79. The van der Waals surface area contributed by atoms with E-state index in [0.29, 0.717) is 17.0 Å². The second kappa shape index (κ2) is 4.96. The van der Waals surface area contributed by atoms with Crippen LogP contribution < -0.4 is 0 Å². The Morgan fingerprint density at radius 1 is 1.12 bits per heavy atom. The van der Waals surface area contributed by atoms with E-state index in [9.17, 15) is 13.2 Å². The number of rotatable bonds is 3. The fraction of sp³-hybridized carbons (Fsp3) is 0.800. The first-order chi connectivity index (χ1) is 7.65. The molecule has 0 radical (unpaired) electrons. The highest BCUT2D eigenvalue weighted by Gasteiger charge is 2.29. The van der Waals surface area contributed by atoms with Gasteiger partial charge in [-0.3, -0.25) is 0 Å². The maximum absolute atomic E-state index is 12.2. The number of alkyl halides is 4. The first kappa shape index (κ1) is 14.5. The highest BCUT2D eigenvalue weighted by atomic mass is 79.9. The van der Waals surface area contributed by atoms with Gasteiger partial charge in [-0.1, -0.05) is 15.9 Å². The molecule has 0 spiro atoms. The summed E-state index contributed by atoms with van der Waals surface area (Å²) in [5, 5.41) is 8.22. The SMILES string of the molecule is CC(C)(C)n1c(CBr)nnc1CCC(F)(F)F. The van der Waals surface area contributed by atoms with E-state index < -0.39 is 12.6 Å². The van der Waals surface area contributed by atoms with Gasteiger partial charge in [0, 0.05) is 12.0 Å². The first-order valence-corrected chi connectivity index (χ1v) is 6.33. The van der Waals surface area contributed by atoms with Crippen LogP contribution in [0.2, 0.25) is 0 Å². The third kappa shape index (κ3) is 3.97. The average molecular weight is 314 g/mol. The van der Waals surface area contributed by atoms with Crippen LogP contribution in [0.1, 0.15) is 38.8 Å². The lowest BCUT2D eigenvalue weighted by Crippen LogP contribution is -2.26. The summed E-state index contributed by atoms with van der Waals surface area (Å²) in [7, 11) is 0. The van der Waals surface area contributed by atoms with E-state index in [2.05, 4.69) is 26.1 Å². The molecule has 0 aliphatic rings. The summed E-state index contributed by atoms with van der Waals surface area (Å²) in [5.41, 5.74) is -0.326. The lowest BCUT2D eigenvalue weighted by Gasteiger charge is -2.24. The molecule has 0 aliphatic heterocycles. The average Bonchev–Trinajstić information content (AvgIpc) is 2.55. The Labute approximate surface area is 107 Å². The van der Waals surface area contributed by atoms with Crippen LogP contribution in [0.15, 0.2) is 0 Å². The standard InChI is InChI=1S/C10H15BrF3N3/c1-9(2,3)17-7(4-5-10(12,13)14)15-16-8(17)6-11/h4-6H2,1-3H3. The predicted molar refractivity (Wildman–Crippen MR) is 62.0 cm³/mol. The van der Waals surface area contributed by atoms with Crippen molar-refractivity contribution in [2.24, 2.45) is 0 Å². The molecule has 0 unspecified atom stereocenters. The zero-order valence-electron chi connectivity index (χ0n) is 9.97. The number of hydrogen-bond acceptors (Lipinski definition) is 2. The van der Waals surface area contributed by atoms with Gasteiger partial charge in [-0.05, 0) is 20.8 Å². The smallest absolute Gasteiger partial charge is 0.309 e. The van der Waals surface area contributed by atoms with Crippen LogP contribution in [0.5, 0.6) is 0 Å². The van der Waals surface area contributed by atoms with Gasteiger partial charge in [-0.2, -0.15) is 13.2 Å². The molecule has 1 heterocycles. The minimum atomic E-state index is -4.16. The Morgan fingerprint density at radius 2 is 1.65 bits per heavy atom. The maximum Gasteiger partial charge on any atom is 0.389 e. The fourth-order valence-corrected chi connectivity index (χ4v) is 1.99. The quantitative estimate of drug-likeness (QED) is 0.800. The Balaban J connectivity index is 2.97. The molecule has 17 heavy (non-hydrogen) atoms. The second-order valence-corrected chi connectivity index (χ2v) is 5.35. The van der Waals surface area contributed by atoms with Crippen molar-refractivity contribution in [2.75, 3.05) is 0 Å². The molecule has 1 aromatic heterocycles. The molecule has 0 saturated heterocycles. The monoisotopic (exact) mass is 313 g/mol. The molecule has 1 rings (SSSR count). The molecule has 1 aromatic rings. The molecule has 0 amide bonds. The molecule has 0 aromatic carbocycles. The largest absolute Gasteiger partial charge is 0.389 e. The molecule has 0 aliphatic carbocycles. The number of halogens is 4. The predicted octanol–water partition coefficient (Wildman–Crippen LogP) is 3.42. The molecule has 3 nitrogen and oxygen atoms in total. The van der Waals surface area contributed by atoms with Gasteiger partial charge >= 0.3 is 6.18 Å². The number of aryl methyl sites for hydroxylation is 1. The van der Waals surface area contributed by atoms with Crippen LogP contribution in [-0.2, 0) is 17.3 Å². The summed E-state index contributed by atoms with van der Waals surface area (Å²) in [6.07, 6.45) is -5.17. The lowest BCUT2D eigenvalue weighted by atomic mass is 10.1. The van der Waals surface area contributed by atoms with E-state index in [1.165, 1.54) is 0 Å². The molecule has 0 bridgehead atoms. The summed E-state index contributed by atoms with van der Waals surface area (Å²) in [5.74, 6) is 1.03. The summed E-state index contributed by atoms with van der Waals surface area (Å²) in [4.78, 5) is 0. The Kier molecular flexibility index (Phi) is 4.22. The van der Waals surface area contributed by atoms with Crippen molar-refractivity contribution in [3.8, 4) is 0 Å².